The van der Waals surface area contributed by atoms with E-state index in [1.807, 2.05) is 6.92 Å². The SMILES string of the molecule is C.C=C(C)C(=O)N(C)C.C=C(C)C(C)=O.C=CC. The predicted molar refractivity (Wildman–Crippen MR) is 81.6 cm³/mol. The molecule has 0 aliphatic heterocycles. The third kappa shape index (κ3) is 23.9. The molecule has 0 N–H and O–H groups in total. The molecule has 1 amide bonds. The lowest BCUT2D eigenvalue weighted by atomic mass is 10.3. The molecule has 0 aromatic heterocycles. The molecule has 0 rings (SSSR count). The van der Waals surface area contributed by atoms with Crippen LogP contribution in [0.2, 0.25) is 0 Å². The molecule has 0 fully saturated rings. The molecule has 0 atom stereocenters. The van der Waals surface area contributed by atoms with Crippen molar-refractivity contribution in [3.8, 4) is 0 Å². The highest BCUT2D eigenvalue weighted by atomic mass is 16.2. The maximum Gasteiger partial charge on any atom is 0.248 e. The van der Waals surface area contributed by atoms with Crippen molar-refractivity contribution in [2.45, 2.75) is 35.1 Å². The van der Waals surface area contributed by atoms with Gasteiger partial charge in [0.15, 0.2) is 5.78 Å². The molecule has 0 saturated heterocycles. The number of rotatable bonds is 2. The summed E-state index contributed by atoms with van der Waals surface area (Å²) in [6.07, 6.45) is 1.75. The first kappa shape index (κ1) is 25.3. The molecule has 0 aromatic rings. The summed E-state index contributed by atoms with van der Waals surface area (Å²) < 4.78 is 0. The minimum atomic E-state index is -0.00926. The van der Waals surface area contributed by atoms with Gasteiger partial charge in [-0.3, -0.25) is 9.59 Å². The number of likely N-dealkylation sites (N-methyl/N-ethyl adjacent to an activating group) is 1. The highest BCUT2D eigenvalue weighted by Crippen LogP contribution is 1.90. The van der Waals surface area contributed by atoms with E-state index in [4.69, 9.17) is 0 Å². The van der Waals surface area contributed by atoms with Crippen molar-refractivity contribution < 1.29 is 9.59 Å². The van der Waals surface area contributed by atoms with Crippen LogP contribution in [-0.2, 0) is 9.59 Å². The molecule has 106 valence electrons. The first-order valence-electron chi connectivity index (χ1n) is 5.22. The number of Topliss-reactive ketones (excluding diaryl/α,β-unsaturated/α-hetero) is 1. The number of allylic oxidation sites excluding steroid dienone is 2. The van der Waals surface area contributed by atoms with Crippen molar-refractivity contribution in [2.75, 3.05) is 14.1 Å². The number of hydrogen-bond donors (Lipinski definition) is 0. The molecule has 0 heterocycles. The molecule has 18 heavy (non-hydrogen) atoms. The van der Waals surface area contributed by atoms with Gasteiger partial charge in [-0.05, 0) is 33.3 Å². The van der Waals surface area contributed by atoms with Crippen LogP contribution in [0.25, 0.3) is 0 Å². The highest BCUT2D eigenvalue weighted by Gasteiger charge is 2.01. The number of ketones is 1. The van der Waals surface area contributed by atoms with E-state index in [2.05, 4.69) is 19.7 Å². The van der Waals surface area contributed by atoms with Crippen LogP contribution in [-0.4, -0.2) is 30.7 Å². The topological polar surface area (TPSA) is 37.4 Å². The summed E-state index contributed by atoms with van der Waals surface area (Å²) >= 11 is 0. The van der Waals surface area contributed by atoms with Gasteiger partial charge in [-0.15, -0.1) is 6.58 Å². The van der Waals surface area contributed by atoms with Crippen molar-refractivity contribution in [1.82, 2.24) is 4.90 Å². The van der Waals surface area contributed by atoms with Gasteiger partial charge in [-0.25, -0.2) is 0 Å². The molecule has 0 aliphatic carbocycles. The molecular formula is C15H29NO2. The Morgan fingerprint density at radius 2 is 1.22 bits per heavy atom. The van der Waals surface area contributed by atoms with Gasteiger partial charge in [0, 0.05) is 19.7 Å². The Hall–Kier alpha value is -1.64. The summed E-state index contributed by atoms with van der Waals surface area (Å²) in [5.41, 5.74) is 1.20. The zero-order valence-corrected chi connectivity index (χ0v) is 12.0. The zero-order chi connectivity index (χ0) is 14.6. The predicted octanol–water partition coefficient (Wildman–Crippen LogP) is 3.63. The molecule has 0 aromatic carbocycles. The van der Waals surface area contributed by atoms with Gasteiger partial charge in [0.25, 0.3) is 0 Å². The summed E-state index contributed by atoms with van der Waals surface area (Å²) in [5.74, 6) is 0.0556. The third-order valence-electron chi connectivity index (χ3n) is 1.37. The van der Waals surface area contributed by atoms with E-state index in [1.54, 1.807) is 34.0 Å². The largest absolute Gasteiger partial charge is 0.345 e. The van der Waals surface area contributed by atoms with Crippen LogP contribution in [0.1, 0.15) is 35.1 Å². The summed E-state index contributed by atoms with van der Waals surface area (Å²) in [7, 11) is 3.41. The minimum Gasteiger partial charge on any atom is -0.345 e. The van der Waals surface area contributed by atoms with Crippen molar-refractivity contribution in [2.24, 2.45) is 0 Å². The Bertz CT molecular complexity index is 277. The summed E-state index contributed by atoms with van der Waals surface area (Å²) in [5, 5.41) is 0. The lowest BCUT2D eigenvalue weighted by Crippen LogP contribution is -2.21. The maximum absolute atomic E-state index is 10.7. The zero-order valence-electron chi connectivity index (χ0n) is 12.0. The molecular weight excluding hydrogens is 226 g/mol. The lowest BCUT2D eigenvalue weighted by Gasteiger charge is -2.07. The van der Waals surface area contributed by atoms with E-state index in [9.17, 15) is 9.59 Å². The van der Waals surface area contributed by atoms with Gasteiger partial charge in [0.1, 0.15) is 0 Å². The number of hydrogen-bond acceptors (Lipinski definition) is 2. The Balaban J connectivity index is -0.0000000875. The molecule has 0 saturated carbocycles. The molecule has 0 spiro atoms. The van der Waals surface area contributed by atoms with Gasteiger partial charge < -0.3 is 4.90 Å². The van der Waals surface area contributed by atoms with Crippen LogP contribution in [0, 0.1) is 0 Å². The van der Waals surface area contributed by atoms with Gasteiger partial charge >= 0.3 is 0 Å². The quantitative estimate of drug-likeness (QED) is 0.558. The standard InChI is InChI=1S/C6H11NO.C5H8O.C3H6.CH4/c1-5(2)6(8)7(3)4;1-4(2)5(3)6;1-3-2;/h1H2,2-4H3;1H2,2-3H3;3H,1H2,2H3;1H4. The average Bonchev–Trinajstić information content (AvgIpc) is 2.18. The second kappa shape index (κ2) is 15.4. The average molecular weight is 255 g/mol. The summed E-state index contributed by atoms with van der Waals surface area (Å²) in [6, 6.07) is 0. The molecule has 0 unspecified atom stereocenters. The number of nitrogens with zero attached hydrogens (tertiary/aromatic N) is 1. The second-order valence-corrected chi connectivity index (χ2v) is 3.72. The Labute approximate surface area is 113 Å². The van der Waals surface area contributed by atoms with Crippen LogP contribution in [0.5, 0.6) is 0 Å². The Kier molecular flexibility index (Phi) is 21.6. The number of carbonyl (C=O) groups is 2. The van der Waals surface area contributed by atoms with Crippen molar-refractivity contribution >= 4 is 11.7 Å². The van der Waals surface area contributed by atoms with Gasteiger partial charge in [-0.2, -0.15) is 0 Å². The van der Waals surface area contributed by atoms with Gasteiger partial charge in [0.2, 0.25) is 5.91 Å². The maximum atomic E-state index is 10.7. The van der Waals surface area contributed by atoms with Gasteiger partial charge in [0.05, 0.1) is 0 Å². The normalized spacial score (nSPS) is 7.00. The molecule has 0 aliphatic rings. The summed E-state index contributed by atoms with van der Waals surface area (Å²) in [6.45, 7) is 17.0. The smallest absolute Gasteiger partial charge is 0.248 e. The molecule has 0 radical (unpaired) electrons. The molecule has 0 bridgehead atoms. The van der Waals surface area contributed by atoms with E-state index in [0.29, 0.717) is 11.1 Å². The van der Waals surface area contributed by atoms with Crippen LogP contribution in [0.3, 0.4) is 0 Å². The van der Waals surface area contributed by atoms with Crippen LogP contribution < -0.4 is 0 Å². The minimum absolute atomic E-state index is 0. The van der Waals surface area contributed by atoms with Gasteiger partial charge in [-0.1, -0.05) is 26.7 Å². The fourth-order valence-electron chi connectivity index (χ4n) is 0.382. The van der Waals surface area contributed by atoms with Crippen LogP contribution in [0.4, 0.5) is 0 Å². The van der Waals surface area contributed by atoms with Crippen LogP contribution >= 0.6 is 0 Å². The summed E-state index contributed by atoms with van der Waals surface area (Å²) in [4.78, 5) is 22.2. The van der Waals surface area contributed by atoms with Crippen molar-refractivity contribution in [3.05, 3.63) is 37.0 Å². The Morgan fingerprint density at radius 3 is 1.22 bits per heavy atom. The first-order valence-corrected chi connectivity index (χ1v) is 5.22. The fourth-order valence-corrected chi connectivity index (χ4v) is 0.382. The Morgan fingerprint density at radius 1 is 1.00 bits per heavy atom. The lowest BCUT2D eigenvalue weighted by molar-refractivity contribution is -0.124. The van der Waals surface area contributed by atoms with E-state index in [1.165, 1.54) is 11.8 Å². The highest BCUT2D eigenvalue weighted by molar-refractivity contribution is 5.92. The van der Waals surface area contributed by atoms with Crippen LogP contribution in [0.15, 0.2) is 37.0 Å². The first-order chi connectivity index (χ1) is 7.61. The fraction of sp³-hybridized carbons (Fsp3) is 0.467. The van der Waals surface area contributed by atoms with E-state index in [0.717, 1.165) is 0 Å². The number of carbonyl (C=O) groups excluding carboxylic acids is 2. The molecule has 3 heteroatoms. The van der Waals surface area contributed by atoms with E-state index >= 15 is 0 Å². The monoisotopic (exact) mass is 255 g/mol. The number of amides is 1. The molecule has 3 nitrogen and oxygen atoms in total. The third-order valence-corrected chi connectivity index (χ3v) is 1.37. The van der Waals surface area contributed by atoms with Crippen molar-refractivity contribution in [3.63, 3.8) is 0 Å². The van der Waals surface area contributed by atoms with E-state index < -0.39 is 0 Å². The van der Waals surface area contributed by atoms with E-state index in [-0.39, 0.29) is 19.1 Å². The van der Waals surface area contributed by atoms with Crippen molar-refractivity contribution in [1.29, 1.82) is 0 Å². The second-order valence-electron chi connectivity index (χ2n) is 3.72.